The Morgan fingerprint density at radius 2 is 1.87 bits per heavy atom. The van der Waals surface area contributed by atoms with Crippen LogP contribution in [0.15, 0.2) is 23.2 Å². The fourth-order valence-electron chi connectivity index (χ4n) is 3.38. The molecule has 0 aromatic heterocycles. The first kappa shape index (κ1) is 26.3. The van der Waals surface area contributed by atoms with Gasteiger partial charge < -0.3 is 25.0 Å². The van der Waals surface area contributed by atoms with Gasteiger partial charge in [0.15, 0.2) is 5.96 Å². The van der Waals surface area contributed by atoms with Crippen LogP contribution in [0, 0.1) is 0 Å². The Morgan fingerprint density at radius 1 is 1.17 bits per heavy atom. The number of amides is 1. The van der Waals surface area contributed by atoms with E-state index in [1.54, 1.807) is 21.3 Å². The number of methoxy groups -OCH3 is 2. The first-order chi connectivity index (χ1) is 14.0. The molecule has 0 radical (unpaired) electrons. The van der Waals surface area contributed by atoms with Crippen molar-refractivity contribution in [3.8, 4) is 11.5 Å². The molecule has 1 aromatic carbocycles. The molecule has 2 rings (SSSR count). The number of piperazine rings is 1. The average molecular weight is 533 g/mol. The molecular formula is C21H36IN5O3. The predicted octanol–water partition coefficient (Wildman–Crippen LogP) is 1.93. The van der Waals surface area contributed by atoms with E-state index in [1.165, 1.54) is 0 Å². The third-order valence-electron chi connectivity index (χ3n) is 4.85. The Kier molecular flexibility index (Phi) is 11.9. The number of nitrogens with one attached hydrogen (secondary N) is 2. The summed E-state index contributed by atoms with van der Waals surface area (Å²) in [7, 11) is 5.15. The molecule has 1 amide bonds. The molecule has 0 aliphatic carbocycles. The number of ether oxygens (including phenoxy) is 2. The summed E-state index contributed by atoms with van der Waals surface area (Å²) in [6.45, 7) is 8.93. The normalized spacial score (nSPS) is 14.9. The summed E-state index contributed by atoms with van der Waals surface area (Å²) in [6, 6.07) is 6.06. The Morgan fingerprint density at radius 3 is 2.43 bits per heavy atom. The summed E-state index contributed by atoms with van der Waals surface area (Å²) in [5, 5.41) is 6.20. The fraction of sp³-hybridized carbons (Fsp3) is 0.619. The number of benzene rings is 1. The van der Waals surface area contributed by atoms with Crippen molar-refractivity contribution in [2.24, 2.45) is 4.99 Å². The lowest BCUT2D eigenvalue weighted by atomic mass is 10.1. The minimum absolute atomic E-state index is 0. The molecule has 1 heterocycles. The van der Waals surface area contributed by atoms with E-state index in [2.05, 4.69) is 25.4 Å². The lowest BCUT2D eigenvalue weighted by Gasteiger charge is -2.36. The summed E-state index contributed by atoms with van der Waals surface area (Å²) in [5.74, 6) is 2.62. The van der Waals surface area contributed by atoms with E-state index < -0.39 is 0 Å². The molecule has 0 bridgehead atoms. The van der Waals surface area contributed by atoms with Crippen molar-refractivity contribution in [3.05, 3.63) is 23.8 Å². The maximum atomic E-state index is 11.8. The van der Waals surface area contributed by atoms with Gasteiger partial charge in [-0.2, -0.15) is 0 Å². The zero-order valence-corrected chi connectivity index (χ0v) is 21.1. The first-order valence-corrected chi connectivity index (χ1v) is 10.1. The van der Waals surface area contributed by atoms with Crippen LogP contribution < -0.4 is 20.1 Å². The highest BCUT2D eigenvalue weighted by Gasteiger charge is 2.21. The van der Waals surface area contributed by atoms with Crippen molar-refractivity contribution in [2.45, 2.75) is 32.9 Å². The van der Waals surface area contributed by atoms with Gasteiger partial charge >= 0.3 is 0 Å². The molecule has 170 valence electrons. The number of halogens is 1. The van der Waals surface area contributed by atoms with Crippen LogP contribution in [0.4, 0.5) is 0 Å². The van der Waals surface area contributed by atoms with Gasteiger partial charge in [-0.1, -0.05) is 0 Å². The quantitative estimate of drug-likeness (QED) is 0.302. The van der Waals surface area contributed by atoms with Crippen molar-refractivity contribution in [1.29, 1.82) is 0 Å². The van der Waals surface area contributed by atoms with Crippen molar-refractivity contribution in [1.82, 2.24) is 20.4 Å². The number of hydrogen-bond donors (Lipinski definition) is 2. The van der Waals surface area contributed by atoms with Gasteiger partial charge in [0.05, 0.1) is 14.2 Å². The SMILES string of the molecule is CN=C(NCCC(=O)NC(C)C)N1CCN(Cc2cc(OC)ccc2OC)CC1.I. The smallest absolute Gasteiger partial charge is 0.221 e. The summed E-state index contributed by atoms with van der Waals surface area (Å²) >= 11 is 0. The number of guanidine groups is 1. The third-order valence-corrected chi connectivity index (χ3v) is 4.85. The van der Waals surface area contributed by atoms with Crippen LogP contribution in [0.25, 0.3) is 0 Å². The molecule has 1 aliphatic rings. The molecular weight excluding hydrogens is 497 g/mol. The topological polar surface area (TPSA) is 78.4 Å². The Balaban J connectivity index is 0.00000450. The molecule has 1 aromatic rings. The molecule has 0 saturated carbocycles. The van der Waals surface area contributed by atoms with E-state index in [1.807, 2.05) is 32.0 Å². The molecule has 1 aliphatic heterocycles. The Labute approximate surface area is 197 Å². The molecule has 0 unspecified atom stereocenters. The molecule has 1 saturated heterocycles. The number of carbonyl (C=O) groups excluding carboxylic acids is 1. The minimum atomic E-state index is 0. The summed E-state index contributed by atoms with van der Waals surface area (Å²) in [4.78, 5) is 20.8. The first-order valence-electron chi connectivity index (χ1n) is 10.1. The third kappa shape index (κ3) is 8.17. The lowest BCUT2D eigenvalue weighted by Crippen LogP contribution is -2.52. The summed E-state index contributed by atoms with van der Waals surface area (Å²) in [6.07, 6.45) is 0.437. The van der Waals surface area contributed by atoms with E-state index >= 15 is 0 Å². The van der Waals surface area contributed by atoms with Crippen LogP contribution in [-0.4, -0.2) is 81.7 Å². The maximum Gasteiger partial charge on any atom is 0.221 e. The molecule has 30 heavy (non-hydrogen) atoms. The van der Waals surface area contributed by atoms with Crippen LogP contribution >= 0.6 is 24.0 Å². The zero-order valence-electron chi connectivity index (χ0n) is 18.7. The number of hydrogen-bond acceptors (Lipinski definition) is 5. The van der Waals surface area contributed by atoms with Gasteiger partial charge in [-0.15, -0.1) is 24.0 Å². The minimum Gasteiger partial charge on any atom is -0.497 e. The Bertz CT molecular complexity index is 691. The number of rotatable bonds is 8. The highest BCUT2D eigenvalue weighted by Crippen LogP contribution is 2.25. The van der Waals surface area contributed by atoms with Gasteiger partial charge in [-0.3, -0.25) is 14.7 Å². The van der Waals surface area contributed by atoms with E-state index in [9.17, 15) is 4.79 Å². The summed E-state index contributed by atoms with van der Waals surface area (Å²) in [5.41, 5.74) is 1.12. The van der Waals surface area contributed by atoms with E-state index in [4.69, 9.17) is 9.47 Å². The highest BCUT2D eigenvalue weighted by molar-refractivity contribution is 14.0. The number of nitrogens with zero attached hydrogens (tertiary/aromatic N) is 3. The second kappa shape index (κ2) is 13.5. The van der Waals surface area contributed by atoms with Crippen LogP contribution in [0.5, 0.6) is 11.5 Å². The number of carbonyl (C=O) groups is 1. The molecule has 2 N–H and O–H groups in total. The average Bonchev–Trinajstić information content (AvgIpc) is 2.71. The molecule has 8 nitrogen and oxygen atoms in total. The van der Waals surface area contributed by atoms with E-state index in [-0.39, 0.29) is 35.9 Å². The van der Waals surface area contributed by atoms with Crippen molar-refractivity contribution in [2.75, 3.05) is 54.0 Å². The summed E-state index contributed by atoms with van der Waals surface area (Å²) < 4.78 is 10.8. The van der Waals surface area contributed by atoms with Gasteiger partial charge in [0.2, 0.25) is 5.91 Å². The molecule has 1 fully saturated rings. The van der Waals surface area contributed by atoms with Gasteiger partial charge in [0.1, 0.15) is 11.5 Å². The maximum absolute atomic E-state index is 11.8. The van der Waals surface area contributed by atoms with Crippen molar-refractivity contribution >= 4 is 35.8 Å². The standard InChI is InChI=1S/C21H35N5O3.HI/c1-16(2)24-20(27)8-9-23-21(22-3)26-12-10-25(11-13-26)15-17-14-18(28-4)6-7-19(17)29-5;/h6-7,14,16H,8-13,15H2,1-5H3,(H,22,23)(H,24,27);1H. The predicted molar refractivity (Wildman–Crippen MR) is 131 cm³/mol. The van der Waals surface area contributed by atoms with E-state index in [0.717, 1.165) is 55.7 Å². The molecule has 0 spiro atoms. The van der Waals surface area contributed by atoms with Gasteiger partial charge in [-0.05, 0) is 32.0 Å². The molecule has 9 heteroatoms. The Hall–Kier alpha value is -1.75. The van der Waals surface area contributed by atoms with Crippen molar-refractivity contribution in [3.63, 3.8) is 0 Å². The largest absolute Gasteiger partial charge is 0.497 e. The molecule has 0 atom stereocenters. The van der Waals surface area contributed by atoms with Crippen LogP contribution in [0.2, 0.25) is 0 Å². The van der Waals surface area contributed by atoms with Gasteiger partial charge in [-0.25, -0.2) is 0 Å². The zero-order chi connectivity index (χ0) is 21.2. The lowest BCUT2D eigenvalue weighted by molar-refractivity contribution is -0.121. The van der Waals surface area contributed by atoms with Crippen LogP contribution in [0.1, 0.15) is 25.8 Å². The van der Waals surface area contributed by atoms with Gasteiger partial charge in [0.25, 0.3) is 0 Å². The highest BCUT2D eigenvalue weighted by atomic mass is 127. The van der Waals surface area contributed by atoms with Crippen LogP contribution in [0.3, 0.4) is 0 Å². The number of aliphatic imine (C=N–C) groups is 1. The second-order valence-electron chi connectivity index (χ2n) is 7.39. The second-order valence-corrected chi connectivity index (χ2v) is 7.39. The monoisotopic (exact) mass is 533 g/mol. The van der Waals surface area contributed by atoms with Crippen LogP contribution in [-0.2, 0) is 11.3 Å². The van der Waals surface area contributed by atoms with E-state index in [0.29, 0.717) is 13.0 Å². The van der Waals surface area contributed by atoms with Crippen molar-refractivity contribution < 1.29 is 14.3 Å². The fourth-order valence-corrected chi connectivity index (χ4v) is 3.38. The van der Waals surface area contributed by atoms with Gasteiger partial charge in [0, 0.05) is 64.3 Å².